The van der Waals surface area contributed by atoms with Crippen LogP contribution in [0.4, 0.5) is 10.1 Å². The quantitative estimate of drug-likeness (QED) is 0.599. The first-order chi connectivity index (χ1) is 12.1. The number of carbonyl (C=O) groups is 1. The molecule has 0 atom stereocenters. The van der Waals surface area contributed by atoms with E-state index in [2.05, 4.69) is 23.5 Å². The van der Waals surface area contributed by atoms with Crippen LogP contribution in [0.3, 0.4) is 0 Å². The van der Waals surface area contributed by atoms with Gasteiger partial charge in [-0.25, -0.2) is 4.39 Å². The first kappa shape index (κ1) is 17.2. The van der Waals surface area contributed by atoms with Crippen molar-refractivity contribution in [3.8, 4) is 0 Å². The molecule has 0 aliphatic rings. The van der Waals surface area contributed by atoms with Gasteiger partial charge in [0.15, 0.2) is 0 Å². The number of hydrogen-bond acceptors (Lipinski definition) is 2. The minimum absolute atomic E-state index is 0.241. The van der Waals surface area contributed by atoms with Crippen molar-refractivity contribution in [1.82, 2.24) is 0 Å². The first-order valence-corrected chi connectivity index (χ1v) is 8.95. The van der Waals surface area contributed by atoms with E-state index < -0.39 is 0 Å². The van der Waals surface area contributed by atoms with Gasteiger partial charge in [-0.05, 0) is 60.5 Å². The van der Waals surface area contributed by atoms with E-state index >= 15 is 0 Å². The van der Waals surface area contributed by atoms with E-state index in [-0.39, 0.29) is 11.7 Å². The van der Waals surface area contributed by atoms with Crippen molar-refractivity contribution in [3.05, 3.63) is 95.3 Å². The fourth-order valence-corrected chi connectivity index (χ4v) is 3.30. The number of halogens is 1. The van der Waals surface area contributed by atoms with Crippen molar-refractivity contribution in [2.24, 2.45) is 0 Å². The van der Waals surface area contributed by atoms with Gasteiger partial charge in [-0.3, -0.25) is 4.79 Å². The Morgan fingerprint density at radius 2 is 1.72 bits per heavy atom. The van der Waals surface area contributed by atoms with Gasteiger partial charge in [-0.2, -0.15) is 0 Å². The molecule has 0 saturated heterocycles. The van der Waals surface area contributed by atoms with E-state index in [0.29, 0.717) is 5.56 Å². The standard InChI is InChI=1S/C21H18FNOS/c1-15-13-16(14-25-19-5-3-2-4-6-19)7-12-20(15)23-21(24)17-8-10-18(22)11-9-17/h2-13H,14H2,1H3,(H,23,24). The van der Waals surface area contributed by atoms with Gasteiger partial charge >= 0.3 is 0 Å². The van der Waals surface area contributed by atoms with Crippen LogP contribution in [0, 0.1) is 12.7 Å². The zero-order valence-corrected chi connectivity index (χ0v) is 14.6. The third kappa shape index (κ3) is 4.70. The normalized spacial score (nSPS) is 10.5. The largest absolute Gasteiger partial charge is 0.322 e. The highest BCUT2D eigenvalue weighted by Gasteiger charge is 2.08. The lowest BCUT2D eigenvalue weighted by molar-refractivity contribution is 0.102. The maximum atomic E-state index is 12.9. The smallest absolute Gasteiger partial charge is 0.255 e. The van der Waals surface area contributed by atoms with E-state index in [1.54, 1.807) is 11.8 Å². The highest BCUT2D eigenvalue weighted by Crippen LogP contribution is 2.25. The molecule has 0 aromatic heterocycles. The molecule has 3 rings (SSSR count). The van der Waals surface area contributed by atoms with Crippen molar-refractivity contribution < 1.29 is 9.18 Å². The summed E-state index contributed by atoms with van der Waals surface area (Å²) in [7, 11) is 0. The summed E-state index contributed by atoms with van der Waals surface area (Å²) in [6.45, 7) is 1.97. The van der Waals surface area contributed by atoms with Crippen LogP contribution in [0.1, 0.15) is 21.5 Å². The minimum atomic E-state index is -0.354. The van der Waals surface area contributed by atoms with Crippen LogP contribution in [-0.2, 0) is 5.75 Å². The minimum Gasteiger partial charge on any atom is -0.322 e. The Labute approximate surface area is 151 Å². The highest BCUT2D eigenvalue weighted by molar-refractivity contribution is 7.98. The summed E-state index contributed by atoms with van der Waals surface area (Å²) in [5.74, 6) is 0.277. The summed E-state index contributed by atoms with van der Waals surface area (Å²) in [5.41, 5.74) is 3.40. The Hall–Kier alpha value is -2.59. The number of benzene rings is 3. The fraction of sp³-hybridized carbons (Fsp3) is 0.0952. The SMILES string of the molecule is Cc1cc(CSc2ccccc2)ccc1NC(=O)c1ccc(F)cc1. The molecule has 0 spiro atoms. The van der Waals surface area contributed by atoms with Crippen LogP contribution in [0.5, 0.6) is 0 Å². The van der Waals surface area contributed by atoms with Crippen molar-refractivity contribution in [2.75, 3.05) is 5.32 Å². The number of nitrogens with one attached hydrogen (secondary N) is 1. The summed E-state index contributed by atoms with van der Waals surface area (Å²) in [6, 6.07) is 21.8. The van der Waals surface area contributed by atoms with Crippen molar-refractivity contribution in [2.45, 2.75) is 17.6 Å². The molecule has 4 heteroatoms. The van der Waals surface area contributed by atoms with Gasteiger partial charge in [-0.1, -0.05) is 30.3 Å². The molecule has 2 nitrogen and oxygen atoms in total. The summed E-state index contributed by atoms with van der Waals surface area (Å²) in [5, 5.41) is 2.88. The molecule has 0 unspecified atom stereocenters. The molecular weight excluding hydrogens is 333 g/mol. The van der Waals surface area contributed by atoms with Crippen LogP contribution in [0.2, 0.25) is 0 Å². The molecule has 0 radical (unpaired) electrons. The van der Waals surface area contributed by atoms with Crippen LogP contribution in [-0.4, -0.2) is 5.91 Å². The highest BCUT2D eigenvalue weighted by atomic mass is 32.2. The van der Waals surface area contributed by atoms with Gasteiger partial charge in [0, 0.05) is 21.9 Å². The number of anilines is 1. The lowest BCUT2D eigenvalue weighted by Gasteiger charge is -2.10. The molecule has 1 amide bonds. The van der Waals surface area contributed by atoms with Gasteiger partial charge in [-0.15, -0.1) is 11.8 Å². The van der Waals surface area contributed by atoms with Gasteiger partial charge in [0.2, 0.25) is 0 Å². The molecule has 0 bridgehead atoms. The Balaban J connectivity index is 1.65. The molecule has 1 N–H and O–H groups in total. The Morgan fingerprint density at radius 1 is 1.00 bits per heavy atom. The van der Waals surface area contributed by atoms with Crippen molar-refractivity contribution in [3.63, 3.8) is 0 Å². The van der Waals surface area contributed by atoms with Gasteiger partial charge in [0.25, 0.3) is 5.91 Å². The molecule has 3 aromatic carbocycles. The molecular formula is C21H18FNOS. The molecule has 0 saturated carbocycles. The van der Waals surface area contributed by atoms with Gasteiger partial charge in [0.1, 0.15) is 5.82 Å². The maximum Gasteiger partial charge on any atom is 0.255 e. The first-order valence-electron chi connectivity index (χ1n) is 7.96. The van der Waals surface area contributed by atoms with Crippen LogP contribution >= 0.6 is 11.8 Å². The maximum absolute atomic E-state index is 12.9. The van der Waals surface area contributed by atoms with Gasteiger partial charge in [0.05, 0.1) is 0 Å². The molecule has 0 fully saturated rings. The molecule has 0 aliphatic carbocycles. The summed E-state index contributed by atoms with van der Waals surface area (Å²) in [4.78, 5) is 13.5. The zero-order valence-electron chi connectivity index (χ0n) is 13.8. The summed E-state index contributed by atoms with van der Waals surface area (Å²) < 4.78 is 12.9. The summed E-state index contributed by atoms with van der Waals surface area (Å²) >= 11 is 1.78. The topological polar surface area (TPSA) is 29.1 Å². The Bertz CT molecular complexity index is 863. The number of thioether (sulfide) groups is 1. The van der Waals surface area contributed by atoms with Crippen molar-refractivity contribution in [1.29, 1.82) is 0 Å². The number of carbonyl (C=O) groups excluding carboxylic acids is 1. The van der Waals surface area contributed by atoms with E-state index in [1.807, 2.05) is 37.3 Å². The number of aryl methyl sites for hydroxylation is 1. The van der Waals surface area contributed by atoms with E-state index in [0.717, 1.165) is 17.0 Å². The second kappa shape index (κ2) is 7.99. The number of rotatable bonds is 5. The predicted molar refractivity (Wildman–Crippen MR) is 102 cm³/mol. The molecule has 126 valence electrons. The molecule has 0 aliphatic heterocycles. The van der Waals surface area contributed by atoms with Crippen LogP contribution in [0.15, 0.2) is 77.7 Å². The average Bonchev–Trinajstić information content (AvgIpc) is 2.63. The van der Waals surface area contributed by atoms with Crippen LogP contribution < -0.4 is 5.32 Å². The number of amides is 1. The molecule has 0 heterocycles. The monoisotopic (exact) mass is 351 g/mol. The fourth-order valence-electron chi connectivity index (χ4n) is 2.43. The lowest BCUT2D eigenvalue weighted by atomic mass is 10.1. The lowest BCUT2D eigenvalue weighted by Crippen LogP contribution is -2.12. The third-order valence-electron chi connectivity index (χ3n) is 3.79. The Kier molecular flexibility index (Phi) is 5.51. The summed E-state index contributed by atoms with van der Waals surface area (Å²) in [6.07, 6.45) is 0. The van der Waals surface area contributed by atoms with Crippen molar-refractivity contribution >= 4 is 23.4 Å². The van der Waals surface area contributed by atoms with Gasteiger partial charge < -0.3 is 5.32 Å². The van der Waals surface area contributed by atoms with E-state index in [4.69, 9.17) is 0 Å². The zero-order chi connectivity index (χ0) is 17.6. The number of hydrogen-bond donors (Lipinski definition) is 1. The Morgan fingerprint density at radius 3 is 2.40 bits per heavy atom. The third-order valence-corrected chi connectivity index (χ3v) is 4.88. The van der Waals surface area contributed by atoms with Crippen LogP contribution in [0.25, 0.3) is 0 Å². The predicted octanol–water partition coefficient (Wildman–Crippen LogP) is 5.68. The second-order valence-electron chi connectivity index (χ2n) is 5.71. The van der Waals surface area contributed by atoms with E-state index in [9.17, 15) is 9.18 Å². The molecule has 25 heavy (non-hydrogen) atoms. The molecule has 3 aromatic rings. The van der Waals surface area contributed by atoms with E-state index in [1.165, 1.54) is 34.7 Å². The second-order valence-corrected chi connectivity index (χ2v) is 6.76. The average molecular weight is 351 g/mol.